The van der Waals surface area contributed by atoms with Crippen LogP contribution >= 0.6 is 0 Å². The molecule has 1 aromatic heterocycles. The van der Waals surface area contributed by atoms with E-state index in [1.807, 2.05) is 13.8 Å². The zero-order valence-electron chi connectivity index (χ0n) is 17.7. The summed E-state index contributed by atoms with van der Waals surface area (Å²) in [5, 5.41) is 8.68. The summed E-state index contributed by atoms with van der Waals surface area (Å²) in [6, 6.07) is 9.24. The van der Waals surface area contributed by atoms with Crippen molar-refractivity contribution in [2.45, 2.75) is 52.1 Å². The van der Waals surface area contributed by atoms with Crippen molar-refractivity contribution in [3.05, 3.63) is 59.7 Å². The molecule has 6 nitrogen and oxygen atoms in total. The number of ether oxygens (including phenoxy) is 1. The lowest BCUT2D eigenvalue weighted by Crippen LogP contribution is -2.36. The summed E-state index contributed by atoms with van der Waals surface area (Å²) in [5.41, 5.74) is 0.749. The van der Waals surface area contributed by atoms with Crippen molar-refractivity contribution in [1.82, 2.24) is 9.88 Å². The summed E-state index contributed by atoms with van der Waals surface area (Å²) < 4.78 is 27.7. The molecule has 0 aliphatic heterocycles. The number of aromatic nitrogens is 1. The number of rotatable bonds is 11. The second-order valence-corrected chi connectivity index (χ2v) is 6.90. The third-order valence-corrected chi connectivity index (χ3v) is 4.25. The summed E-state index contributed by atoms with van der Waals surface area (Å²) in [6.45, 7) is 2.98. The first-order chi connectivity index (χ1) is 14.3. The van der Waals surface area contributed by atoms with E-state index in [1.54, 1.807) is 24.3 Å². The summed E-state index contributed by atoms with van der Waals surface area (Å²) >= 11 is 0. The number of hydrogen-bond acceptors (Lipinski definition) is 4. The Bertz CT molecular complexity index is 845. The number of carbonyl (C=O) groups excluding carboxylic acids is 1. The number of para-hydroxylation sites is 1. The third-order valence-electron chi connectivity index (χ3n) is 4.25. The van der Waals surface area contributed by atoms with E-state index in [0.29, 0.717) is 30.8 Å². The van der Waals surface area contributed by atoms with Gasteiger partial charge in [-0.25, -0.2) is 4.98 Å². The van der Waals surface area contributed by atoms with Crippen LogP contribution in [0.3, 0.4) is 0 Å². The molecule has 29 heavy (non-hydrogen) atoms. The van der Waals surface area contributed by atoms with Crippen LogP contribution in [0.15, 0.2) is 42.6 Å². The standard InChI is InChI=1S/C22H27FN2O4/c1-16(2)25(22(28)17-11-12-20(23)24-14-17)15-18-8-5-6-9-19(18)29-13-7-3-4-10-21(26)27/h5-6,8-9,11-12,14,16H,3-4,7,10,13,15H2,1-2H3,(H,26,27)/i15D. The molecule has 1 heterocycles. The number of hydrogen-bond donors (Lipinski definition) is 1. The smallest absolute Gasteiger partial charge is 0.303 e. The van der Waals surface area contributed by atoms with Crippen LogP contribution in [0.4, 0.5) is 4.39 Å². The minimum atomic E-state index is -1.02. The Labute approximate surface area is 171 Å². The second-order valence-electron chi connectivity index (χ2n) is 6.90. The van der Waals surface area contributed by atoms with E-state index in [9.17, 15) is 14.0 Å². The number of pyridine rings is 1. The van der Waals surface area contributed by atoms with Crippen molar-refractivity contribution in [2.24, 2.45) is 0 Å². The van der Waals surface area contributed by atoms with Crippen molar-refractivity contribution >= 4 is 11.9 Å². The molecule has 0 bridgehead atoms. The van der Waals surface area contributed by atoms with Crippen molar-refractivity contribution < 1.29 is 25.2 Å². The first-order valence-electron chi connectivity index (χ1n) is 10.2. The normalized spacial score (nSPS) is 12.3. The molecule has 7 heteroatoms. The van der Waals surface area contributed by atoms with Gasteiger partial charge in [-0.05, 0) is 51.3 Å². The van der Waals surface area contributed by atoms with Gasteiger partial charge in [0.25, 0.3) is 5.91 Å². The van der Waals surface area contributed by atoms with Gasteiger partial charge < -0.3 is 14.7 Å². The Morgan fingerprint density at radius 3 is 2.62 bits per heavy atom. The summed E-state index contributed by atoms with van der Waals surface area (Å²) in [4.78, 5) is 28.4. The average Bonchev–Trinajstić information content (AvgIpc) is 2.71. The van der Waals surface area contributed by atoms with Crippen LogP contribution in [0.25, 0.3) is 0 Å². The first kappa shape index (κ1) is 20.8. The number of aliphatic carboxylic acids is 1. The fourth-order valence-electron chi connectivity index (χ4n) is 2.70. The van der Waals surface area contributed by atoms with E-state index >= 15 is 0 Å². The number of amides is 1. The maximum Gasteiger partial charge on any atom is 0.303 e. The quantitative estimate of drug-likeness (QED) is 0.447. The maximum absolute atomic E-state index is 13.1. The Morgan fingerprint density at radius 2 is 1.97 bits per heavy atom. The highest BCUT2D eigenvalue weighted by Gasteiger charge is 2.21. The summed E-state index contributed by atoms with van der Waals surface area (Å²) in [6.07, 6.45) is 3.31. The minimum absolute atomic E-state index is 0.134. The molecule has 1 aromatic carbocycles. The summed E-state index contributed by atoms with van der Waals surface area (Å²) in [5.74, 6) is -1.40. The van der Waals surface area contributed by atoms with Crippen LogP contribution in [-0.4, -0.2) is 39.5 Å². The topological polar surface area (TPSA) is 79.7 Å². The predicted octanol–water partition coefficient (Wildman–Crippen LogP) is 4.30. The van der Waals surface area contributed by atoms with Gasteiger partial charge in [0, 0.05) is 30.7 Å². The number of benzene rings is 1. The molecule has 2 rings (SSSR count). The molecule has 0 spiro atoms. The highest BCUT2D eigenvalue weighted by molar-refractivity contribution is 5.94. The van der Waals surface area contributed by atoms with Crippen LogP contribution in [0.5, 0.6) is 5.75 Å². The Kier molecular flexibility index (Phi) is 7.98. The van der Waals surface area contributed by atoms with Gasteiger partial charge in [-0.3, -0.25) is 9.59 Å². The number of unbranched alkanes of at least 4 members (excludes halogenated alkanes) is 2. The lowest BCUT2D eigenvalue weighted by molar-refractivity contribution is -0.137. The highest BCUT2D eigenvalue weighted by Crippen LogP contribution is 2.22. The molecule has 0 saturated carbocycles. The molecule has 0 fully saturated rings. The van der Waals surface area contributed by atoms with Gasteiger partial charge in [-0.15, -0.1) is 0 Å². The molecule has 1 unspecified atom stereocenters. The lowest BCUT2D eigenvalue weighted by Gasteiger charge is -2.27. The van der Waals surface area contributed by atoms with Gasteiger partial charge in [-0.1, -0.05) is 18.2 Å². The van der Waals surface area contributed by atoms with Crippen LogP contribution in [0.2, 0.25) is 0 Å². The van der Waals surface area contributed by atoms with Gasteiger partial charge in [0.1, 0.15) is 5.75 Å². The fraction of sp³-hybridized carbons (Fsp3) is 0.409. The SMILES string of the molecule is [2H]C(c1ccccc1OCCCCCC(=O)O)N(C(=O)c1ccc(F)nc1)C(C)C. The van der Waals surface area contributed by atoms with E-state index in [2.05, 4.69) is 4.98 Å². The molecule has 0 saturated heterocycles. The zero-order chi connectivity index (χ0) is 22.1. The van der Waals surface area contributed by atoms with Crippen LogP contribution in [0, 0.1) is 5.95 Å². The average molecular weight is 403 g/mol. The van der Waals surface area contributed by atoms with Crippen LogP contribution < -0.4 is 4.74 Å². The van der Waals surface area contributed by atoms with Crippen molar-refractivity contribution in [1.29, 1.82) is 0 Å². The second kappa shape index (κ2) is 11.1. The van der Waals surface area contributed by atoms with Gasteiger partial charge in [0.15, 0.2) is 0 Å². The van der Waals surface area contributed by atoms with E-state index in [1.165, 1.54) is 17.2 Å². The monoisotopic (exact) mass is 403 g/mol. The molecule has 1 atom stereocenters. The van der Waals surface area contributed by atoms with E-state index in [4.69, 9.17) is 11.2 Å². The minimum Gasteiger partial charge on any atom is -0.493 e. The van der Waals surface area contributed by atoms with Gasteiger partial charge in [0.2, 0.25) is 5.95 Å². The largest absolute Gasteiger partial charge is 0.493 e. The van der Waals surface area contributed by atoms with Crippen LogP contribution in [-0.2, 0) is 11.3 Å². The van der Waals surface area contributed by atoms with Crippen molar-refractivity contribution in [3.8, 4) is 5.75 Å². The molecule has 156 valence electrons. The number of carbonyl (C=O) groups is 2. The molecule has 0 aliphatic carbocycles. The van der Waals surface area contributed by atoms with E-state index in [-0.39, 0.29) is 18.0 Å². The van der Waals surface area contributed by atoms with Crippen molar-refractivity contribution in [2.75, 3.05) is 6.61 Å². The van der Waals surface area contributed by atoms with Gasteiger partial charge >= 0.3 is 5.97 Å². The van der Waals surface area contributed by atoms with Gasteiger partial charge in [0.05, 0.1) is 13.5 Å². The molecule has 0 aliphatic rings. The fourth-order valence-corrected chi connectivity index (χ4v) is 2.70. The summed E-state index contributed by atoms with van der Waals surface area (Å²) in [7, 11) is 0. The Hall–Kier alpha value is -2.96. The molecule has 2 aromatic rings. The number of nitrogens with zero attached hydrogens (tertiary/aromatic N) is 2. The number of carboxylic acid groups (broad SMARTS) is 1. The maximum atomic E-state index is 13.1. The van der Waals surface area contributed by atoms with Crippen molar-refractivity contribution in [3.63, 3.8) is 0 Å². The van der Waals surface area contributed by atoms with Gasteiger partial charge in [-0.2, -0.15) is 4.39 Å². The van der Waals surface area contributed by atoms with E-state index in [0.717, 1.165) is 12.5 Å². The molecule has 1 N–H and O–H groups in total. The Balaban J connectivity index is 2.11. The molecular formula is C22H27FN2O4. The first-order valence-corrected chi connectivity index (χ1v) is 9.61. The number of halogens is 1. The highest BCUT2D eigenvalue weighted by atomic mass is 19.1. The predicted molar refractivity (Wildman–Crippen MR) is 107 cm³/mol. The molecular weight excluding hydrogens is 375 g/mol. The Morgan fingerprint density at radius 1 is 1.21 bits per heavy atom. The van der Waals surface area contributed by atoms with E-state index < -0.39 is 24.3 Å². The zero-order valence-corrected chi connectivity index (χ0v) is 16.7. The molecule has 1 amide bonds. The lowest BCUT2D eigenvalue weighted by atomic mass is 10.1. The molecule has 0 radical (unpaired) electrons. The number of carboxylic acids is 1. The third kappa shape index (κ3) is 7.18. The van der Waals surface area contributed by atoms with Crippen LogP contribution in [0.1, 0.15) is 56.8 Å².